The van der Waals surface area contributed by atoms with E-state index in [4.69, 9.17) is 0 Å². The first-order valence-corrected chi connectivity index (χ1v) is 7.87. The normalized spacial score (nSPS) is 19.0. The average Bonchev–Trinajstić information content (AvgIpc) is 3.32. The molecule has 0 amide bonds. The molecule has 0 radical (unpaired) electrons. The van der Waals surface area contributed by atoms with E-state index in [0.29, 0.717) is 0 Å². The summed E-state index contributed by atoms with van der Waals surface area (Å²) in [6.45, 7) is 6.04. The molecule has 1 N–H and O–H groups in total. The van der Waals surface area contributed by atoms with Crippen LogP contribution in [0.1, 0.15) is 31.2 Å². The van der Waals surface area contributed by atoms with Gasteiger partial charge in [0.15, 0.2) is 0 Å². The number of benzene rings is 1. The van der Waals surface area contributed by atoms with E-state index in [1.807, 2.05) is 0 Å². The molecule has 19 heavy (non-hydrogen) atoms. The number of hydrogen-bond acceptors (Lipinski definition) is 2. The van der Waals surface area contributed by atoms with Crippen molar-refractivity contribution in [3.63, 3.8) is 0 Å². The minimum atomic E-state index is 1.00. The molecule has 2 aliphatic carbocycles. The molecular formula is C17H26N2. The summed E-state index contributed by atoms with van der Waals surface area (Å²) in [6.07, 6.45) is 5.88. The van der Waals surface area contributed by atoms with Gasteiger partial charge >= 0.3 is 0 Å². The number of hydrogen-bond donors (Lipinski definition) is 1. The highest BCUT2D eigenvalue weighted by atomic mass is 15.1. The first-order chi connectivity index (χ1) is 9.40. The lowest BCUT2D eigenvalue weighted by molar-refractivity contribution is 0.252. The minimum absolute atomic E-state index is 1.00. The molecule has 0 atom stereocenters. The van der Waals surface area contributed by atoms with E-state index in [1.54, 1.807) is 0 Å². The van der Waals surface area contributed by atoms with Crippen LogP contribution in [-0.4, -0.2) is 31.1 Å². The van der Waals surface area contributed by atoms with Gasteiger partial charge in [-0.3, -0.25) is 0 Å². The minimum Gasteiger partial charge on any atom is -0.311 e. The second-order valence-corrected chi connectivity index (χ2v) is 6.31. The molecule has 0 aliphatic heterocycles. The zero-order valence-corrected chi connectivity index (χ0v) is 11.9. The fourth-order valence-corrected chi connectivity index (χ4v) is 2.65. The molecule has 3 rings (SSSR count). The molecule has 2 heteroatoms. The quantitative estimate of drug-likeness (QED) is 0.685. The van der Waals surface area contributed by atoms with E-state index in [2.05, 4.69) is 40.5 Å². The van der Waals surface area contributed by atoms with Crippen LogP contribution in [0.15, 0.2) is 30.3 Å². The van der Waals surface area contributed by atoms with Crippen molar-refractivity contribution in [1.82, 2.24) is 10.2 Å². The van der Waals surface area contributed by atoms with Crippen LogP contribution in [0.3, 0.4) is 0 Å². The van der Waals surface area contributed by atoms with Gasteiger partial charge in [0.1, 0.15) is 0 Å². The van der Waals surface area contributed by atoms with Crippen LogP contribution < -0.4 is 5.32 Å². The zero-order chi connectivity index (χ0) is 12.9. The standard InChI is InChI=1S/C17H26N2/c1-2-4-15(5-3-1)12-18-10-11-19(13-16-6-7-16)14-17-8-9-17/h1-5,16-18H,6-14H2. The van der Waals surface area contributed by atoms with Crippen molar-refractivity contribution in [2.45, 2.75) is 32.2 Å². The van der Waals surface area contributed by atoms with E-state index >= 15 is 0 Å². The Morgan fingerprint density at radius 2 is 1.58 bits per heavy atom. The van der Waals surface area contributed by atoms with Crippen molar-refractivity contribution in [2.24, 2.45) is 11.8 Å². The lowest BCUT2D eigenvalue weighted by Crippen LogP contribution is -2.35. The summed E-state index contributed by atoms with van der Waals surface area (Å²) in [4.78, 5) is 2.70. The molecule has 0 bridgehead atoms. The van der Waals surface area contributed by atoms with E-state index in [0.717, 1.165) is 24.9 Å². The Hall–Kier alpha value is -0.860. The first-order valence-electron chi connectivity index (χ1n) is 7.87. The summed E-state index contributed by atoms with van der Waals surface area (Å²) < 4.78 is 0. The van der Waals surface area contributed by atoms with Gasteiger partial charge in [0.25, 0.3) is 0 Å². The van der Waals surface area contributed by atoms with Gasteiger partial charge in [-0.15, -0.1) is 0 Å². The maximum Gasteiger partial charge on any atom is 0.0206 e. The third-order valence-electron chi connectivity index (χ3n) is 4.20. The van der Waals surface area contributed by atoms with Gasteiger partial charge in [0.2, 0.25) is 0 Å². The van der Waals surface area contributed by atoms with Gasteiger partial charge in [-0.2, -0.15) is 0 Å². The van der Waals surface area contributed by atoms with E-state index < -0.39 is 0 Å². The topological polar surface area (TPSA) is 15.3 Å². The van der Waals surface area contributed by atoms with Gasteiger partial charge in [0.05, 0.1) is 0 Å². The van der Waals surface area contributed by atoms with Crippen LogP contribution in [0.4, 0.5) is 0 Å². The zero-order valence-electron chi connectivity index (χ0n) is 11.9. The van der Waals surface area contributed by atoms with Crippen molar-refractivity contribution in [3.8, 4) is 0 Å². The van der Waals surface area contributed by atoms with E-state index in [9.17, 15) is 0 Å². The molecule has 1 aromatic carbocycles. The Morgan fingerprint density at radius 3 is 2.16 bits per heavy atom. The summed E-state index contributed by atoms with van der Waals surface area (Å²) in [5.74, 6) is 2.04. The van der Waals surface area contributed by atoms with Gasteiger partial charge in [-0.1, -0.05) is 30.3 Å². The molecule has 104 valence electrons. The summed E-state index contributed by atoms with van der Waals surface area (Å²) in [5.41, 5.74) is 1.39. The molecule has 2 nitrogen and oxygen atoms in total. The van der Waals surface area contributed by atoms with E-state index in [-0.39, 0.29) is 0 Å². The van der Waals surface area contributed by atoms with Crippen molar-refractivity contribution < 1.29 is 0 Å². The van der Waals surface area contributed by atoms with Crippen molar-refractivity contribution >= 4 is 0 Å². The summed E-state index contributed by atoms with van der Waals surface area (Å²) in [6, 6.07) is 10.7. The predicted molar refractivity (Wildman–Crippen MR) is 80.0 cm³/mol. The molecule has 2 saturated carbocycles. The predicted octanol–water partition coefficient (Wildman–Crippen LogP) is 2.90. The second-order valence-electron chi connectivity index (χ2n) is 6.31. The Bertz CT molecular complexity index is 354. The molecular weight excluding hydrogens is 232 g/mol. The molecule has 0 aromatic heterocycles. The number of rotatable bonds is 9. The van der Waals surface area contributed by atoms with Crippen LogP contribution in [0.5, 0.6) is 0 Å². The van der Waals surface area contributed by atoms with Crippen LogP contribution in [0, 0.1) is 11.8 Å². The van der Waals surface area contributed by atoms with Crippen LogP contribution in [0.25, 0.3) is 0 Å². The molecule has 0 spiro atoms. The Morgan fingerprint density at radius 1 is 0.947 bits per heavy atom. The maximum atomic E-state index is 3.58. The van der Waals surface area contributed by atoms with Gasteiger partial charge in [0, 0.05) is 32.7 Å². The maximum absolute atomic E-state index is 3.58. The summed E-state index contributed by atoms with van der Waals surface area (Å²) in [7, 11) is 0. The molecule has 0 heterocycles. The summed E-state index contributed by atoms with van der Waals surface area (Å²) >= 11 is 0. The lowest BCUT2D eigenvalue weighted by Gasteiger charge is -2.22. The van der Waals surface area contributed by atoms with Crippen LogP contribution in [-0.2, 0) is 6.54 Å². The third-order valence-corrected chi connectivity index (χ3v) is 4.20. The highest BCUT2D eigenvalue weighted by Crippen LogP contribution is 2.33. The molecule has 2 fully saturated rings. The molecule has 0 saturated heterocycles. The molecule has 0 unspecified atom stereocenters. The third kappa shape index (κ3) is 4.96. The van der Waals surface area contributed by atoms with Crippen molar-refractivity contribution in [3.05, 3.63) is 35.9 Å². The van der Waals surface area contributed by atoms with Gasteiger partial charge < -0.3 is 10.2 Å². The fourth-order valence-electron chi connectivity index (χ4n) is 2.65. The van der Waals surface area contributed by atoms with Crippen LogP contribution >= 0.6 is 0 Å². The van der Waals surface area contributed by atoms with Gasteiger partial charge in [-0.05, 0) is 43.1 Å². The highest BCUT2D eigenvalue weighted by molar-refractivity contribution is 5.14. The SMILES string of the molecule is c1ccc(CNCCN(CC2CC2)CC2CC2)cc1. The Balaban J connectivity index is 1.34. The molecule has 1 aromatic rings. The lowest BCUT2D eigenvalue weighted by atomic mass is 10.2. The smallest absolute Gasteiger partial charge is 0.0206 e. The number of nitrogens with one attached hydrogen (secondary N) is 1. The summed E-state index contributed by atoms with van der Waals surface area (Å²) in [5, 5.41) is 3.58. The van der Waals surface area contributed by atoms with Gasteiger partial charge in [-0.25, -0.2) is 0 Å². The largest absolute Gasteiger partial charge is 0.311 e. The Kier molecular flexibility index (Phi) is 4.52. The number of nitrogens with zero attached hydrogens (tertiary/aromatic N) is 1. The van der Waals surface area contributed by atoms with Crippen LogP contribution in [0.2, 0.25) is 0 Å². The first kappa shape index (κ1) is 13.1. The van der Waals surface area contributed by atoms with Crippen molar-refractivity contribution in [2.75, 3.05) is 26.2 Å². The molecule has 2 aliphatic rings. The highest BCUT2D eigenvalue weighted by Gasteiger charge is 2.28. The van der Waals surface area contributed by atoms with E-state index in [1.165, 1.54) is 50.9 Å². The second kappa shape index (κ2) is 6.53. The Labute approximate surface area is 117 Å². The fraction of sp³-hybridized carbons (Fsp3) is 0.647. The van der Waals surface area contributed by atoms with Crippen molar-refractivity contribution in [1.29, 1.82) is 0 Å². The average molecular weight is 258 g/mol. The monoisotopic (exact) mass is 258 g/mol.